The third kappa shape index (κ3) is 2.86. The first-order chi connectivity index (χ1) is 12.7. The molecule has 0 aliphatic heterocycles. The Labute approximate surface area is 151 Å². The molecule has 0 saturated carbocycles. The molecule has 4 aromatic rings. The van der Waals surface area contributed by atoms with Crippen LogP contribution in [0.4, 0.5) is 5.69 Å². The lowest BCUT2D eigenvalue weighted by Crippen LogP contribution is -2.27. The molecule has 26 heavy (non-hydrogen) atoms. The van der Waals surface area contributed by atoms with E-state index in [1.807, 2.05) is 60.7 Å². The lowest BCUT2D eigenvalue weighted by atomic mass is 10.1. The lowest BCUT2D eigenvalue weighted by Gasteiger charge is -2.18. The van der Waals surface area contributed by atoms with Gasteiger partial charge < -0.3 is 9.64 Å². The molecule has 1 amide bonds. The Morgan fingerprint density at radius 3 is 2.46 bits per heavy atom. The molecule has 4 nitrogen and oxygen atoms in total. The van der Waals surface area contributed by atoms with Crippen LogP contribution in [0.3, 0.4) is 0 Å². The molecule has 0 N–H and O–H groups in total. The van der Waals surface area contributed by atoms with Crippen LogP contribution in [0.5, 0.6) is 5.75 Å². The fraction of sp³-hybridized carbons (Fsp3) is 0.0909. The molecule has 0 unspecified atom stereocenters. The molecule has 0 spiro atoms. The molecule has 0 saturated heterocycles. The smallest absolute Gasteiger partial charge is 0.276 e. The van der Waals surface area contributed by atoms with Gasteiger partial charge in [0, 0.05) is 18.1 Å². The van der Waals surface area contributed by atoms with Crippen LogP contribution in [0, 0.1) is 0 Å². The fourth-order valence-electron chi connectivity index (χ4n) is 3.02. The van der Waals surface area contributed by atoms with Crippen molar-refractivity contribution >= 4 is 33.3 Å². The van der Waals surface area contributed by atoms with Crippen LogP contribution in [0.25, 0.3) is 21.7 Å². The number of ether oxygens (including phenoxy) is 1. The minimum Gasteiger partial charge on any atom is -0.497 e. The maximum Gasteiger partial charge on any atom is 0.276 e. The van der Waals surface area contributed by atoms with Gasteiger partial charge in [-0.2, -0.15) is 0 Å². The van der Waals surface area contributed by atoms with Gasteiger partial charge in [0.25, 0.3) is 5.91 Å². The molecule has 3 aromatic carbocycles. The summed E-state index contributed by atoms with van der Waals surface area (Å²) >= 11 is 0. The topological polar surface area (TPSA) is 42.4 Å². The van der Waals surface area contributed by atoms with Crippen molar-refractivity contribution < 1.29 is 9.53 Å². The summed E-state index contributed by atoms with van der Waals surface area (Å²) in [4.78, 5) is 19.0. The van der Waals surface area contributed by atoms with E-state index in [-0.39, 0.29) is 5.91 Å². The average molecular weight is 342 g/mol. The first-order valence-electron chi connectivity index (χ1n) is 8.37. The first kappa shape index (κ1) is 16.1. The molecule has 1 heterocycles. The number of aromatic nitrogens is 1. The highest BCUT2D eigenvalue weighted by Crippen LogP contribution is 2.24. The van der Waals surface area contributed by atoms with E-state index in [1.54, 1.807) is 25.1 Å². The molecule has 4 rings (SSSR count). The van der Waals surface area contributed by atoms with Gasteiger partial charge in [0.1, 0.15) is 11.4 Å². The van der Waals surface area contributed by atoms with Crippen molar-refractivity contribution in [2.75, 3.05) is 19.1 Å². The Morgan fingerprint density at radius 1 is 0.885 bits per heavy atom. The predicted octanol–water partition coefficient (Wildman–Crippen LogP) is 4.67. The van der Waals surface area contributed by atoms with Gasteiger partial charge in [0.05, 0.1) is 12.6 Å². The monoisotopic (exact) mass is 342 g/mol. The van der Waals surface area contributed by atoms with E-state index in [4.69, 9.17) is 4.74 Å². The van der Waals surface area contributed by atoms with Crippen LogP contribution < -0.4 is 9.64 Å². The van der Waals surface area contributed by atoms with Crippen molar-refractivity contribution in [3.63, 3.8) is 0 Å². The van der Waals surface area contributed by atoms with Crippen LogP contribution in [0.1, 0.15) is 10.5 Å². The number of hydrogen-bond acceptors (Lipinski definition) is 3. The second-order valence-corrected chi connectivity index (χ2v) is 6.15. The van der Waals surface area contributed by atoms with Gasteiger partial charge in [-0.25, -0.2) is 4.98 Å². The summed E-state index contributed by atoms with van der Waals surface area (Å²) in [6.45, 7) is 0. The van der Waals surface area contributed by atoms with E-state index in [1.165, 1.54) is 0 Å². The Hall–Kier alpha value is -3.40. The molecule has 0 bridgehead atoms. The number of nitrogens with zero attached hydrogens (tertiary/aromatic N) is 2. The Bertz CT molecular complexity index is 1120. The average Bonchev–Trinajstić information content (AvgIpc) is 2.71. The third-order valence-electron chi connectivity index (χ3n) is 4.54. The van der Waals surface area contributed by atoms with Crippen LogP contribution in [-0.2, 0) is 0 Å². The van der Waals surface area contributed by atoms with E-state index >= 15 is 0 Å². The second kappa shape index (κ2) is 6.48. The minimum atomic E-state index is -0.141. The summed E-state index contributed by atoms with van der Waals surface area (Å²) in [5.41, 5.74) is 2.02. The number of amides is 1. The Balaban J connectivity index is 1.68. The summed E-state index contributed by atoms with van der Waals surface area (Å²) in [6.07, 6.45) is 0. The quantitative estimate of drug-likeness (QED) is 0.543. The molecule has 1 aromatic heterocycles. The molecular formula is C22H18N2O2. The first-order valence-corrected chi connectivity index (χ1v) is 8.37. The second-order valence-electron chi connectivity index (χ2n) is 6.15. The van der Waals surface area contributed by atoms with Crippen molar-refractivity contribution in [3.05, 3.63) is 78.5 Å². The highest BCUT2D eigenvalue weighted by atomic mass is 16.5. The molecule has 0 radical (unpaired) electrons. The molecule has 0 aliphatic rings. The van der Waals surface area contributed by atoms with Crippen LogP contribution >= 0.6 is 0 Å². The zero-order valence-corrected chi connectivity index (χ0v) is 14.6. The number of rotatable bonds is 3. The van der Waals surface area contributed by atoms with Crippen LogP contribution in [0.15, 0.2) is 72.8 Å². The van der Waals surface area contributed by atoms with Gasteiger partial charge in [0.15, 0.2) is 0 Å². The normalized spacial score (nSPS) is 10.8. The van der Waals surface area contributed by atoms with Crippen molar-refractivity contribution in [1.29, 1.82) is 0 Å². The number of carbonyl (C=O) groups is 1. The van der Waals surface area contributed by atoms with Gasteiger partial charge in [-0.3, -0.25) is 4.79 Å². The SMILES string of the molecule is COc1ccc2nc(C(=O)N(C)c3ccc4ccccc4c3)ccc2c1. The van der Waals surface area contributed by atoms with E-state index in [2.05, 4.69) is 11.1 Å². The largest absolute Gasteiger partial charge is 0.497 e. The number of hydrogen-bond donors (Lipinski definition) is 0. The van der Waals surface area contributed by atoms with Gasteiger partial charge in [-0.15, -0.1) is 0 Å². The van der Waals surface area contributed by atoms with Crippen molar-refractivity contribution in [1.82, 2.24) is 4.98 Å². The summed E-state index contributed by atoms with van der Waals surface area (Å²) in [7, 11) is 3.40. The molecule has 0 atom stereocenters. The number of methoxy groups -OCH3 is 1. The van der Waals surface area contributed by atoms with Gasteiger partial charge >= 0.3 is 0 Å². The summed E-state index contributed by atoms with van der Waals surface area (Å²) in [6, 6.07) is 23.3. The summed E-state index contributed by atoms with van der Waals surface area (Å²) in [5, 5.41) is 3.19. The highest BCUT2D eigenvalue weighted by Gasteiger charge is 2.16. The maximum absolute atomic E-state index is 12.9. The van der Waals surface area contributed by atoms with E-state index in [0.717, 1.165) is 33.1 Å². The van der Waals surface area contributed by atoms with Crippen LogP contribution in [-0.4, -0.2) is 25.0 Å². The third-order valence-corrected chi connectivity index (χ3v) is 4.54. The molecule has 0 aliphatic carbocycles. The number of fused-ring (bicyclic) bond motifs is 2. The van der Waals surface area contributed by atoms with E-state index < -0.39 is 0 Å². The Kier molecular flexibility index (Phi) is 4.01. The number of benzene rings is 3. The Morgan fingerprint density at radius 2 is 1.65 bits per heavy atom. The molecule has 128 valence electrons. The van der Waals surface area contributed by atoms with Crippen molar-refractivity contribution in [2.24, 2.45) is 0 Å². The van der Waals surface area contributed by atoms with Crippen molar-refractivity contribution in [2.45, 2.75) is 0 Å². The molecule has 0 fully saturated rings. The highest BCUT2D eigenvalue weighted by molar-refractivity contribution is 6.06. The maximum atomic E-state index is 12.9. The number of anilines is 1. The number of carbonyl (C=O) groups excluding carboxylic acids is 1. The fourth-order valence-corrected chi connectivity index (χ4v) is 3.02. The van der Waals surface area contributed by atoms with Gasteiger partial charge in [-0.1, -0.05) is 36.4 Å². The molecule has 4 heteroatoms. The van der Waals surface area contributed by atoms with Crippen molar-refractivity contribution in [3.8, 4) is 5.75 Å². The number of pyridine rings is 1. The van der Waals surface area contributed by atoms with Gasteiger partial charge in [-0.05, 0) is 47.2 Å². The van der Waals surface area contributed by atoms with Gasteiger partial charge in [0.2, 0.25) is 0 Å². The standard InChI is InChI=1S/C22H18N2O2/c1-24(18-9-7-15-5-3-4-6-16(15)13-18)22(25)21-11-8-17-14-19(26-2)10-12-20(17)23-21/h3-14H,1-2H3. The predicted molar refractivity (Wildman–Crippen MR) is 105 cm³/mol. The minimum absolute atomic E-state index is 0.141. The lowest BCUT2D eigenvalue weighted by molar-refractivity contribution is 0.0988. The van der Waals surface area contributed by atoms with E-state index in [0.29, 0.717) is 5.69 Å². The molecular weight excluding hydrogens is 324 g/mol. The zero-order valence-electron chi connectivity index (χ0n) is 14.6. The summed E-state index contributed by atoms with van der Waals surface area (Å²) < 4.78 is 5.23. The summed E-state index contributed by atoms with van der Waals surface area (Å²) in [5.74, 6) is 0.629. The van der Waals surface area contributed by atoms with E-state index in [9.17, 15) is 4.79 Å². The van der Waals surface area contributed by atoms with Crippen LogP contribution in [0.2, 0.25) is 0 Å². The zero-order chi connectivity index (χ0) is 18.1.